The fraction of sp³-hybridized carbons (Fsp3) is 0.364. The smallest absolute Gasteiger partial charge is 0.338 e. The van der Waals surface area contributed by atoms with E-state index in [9.17, 15) is 9.59 Å². The number of hydrogen-bond acceptors (Lipinski definition) is 6. The predicted octanol–water partition coefficient (Wildman–Crippen LogP) is 4.33. The largest absolute Gasteiger partial charge is 0.455 e. The molecule has 0 amide bonds. The molecule has 1 unspecified atom stereocenters. The van der Waals surface area contributed by atoms with E-state index in [1.807, 2.05) is 26.0 Å². The van der Waals surface area contributed by atoms with Gasteiger partial charge in [0.05, 0.1) is 17.2 Å². The Morgan fingerprint density at radius 3 is 2.04 bits per heavy atom. The summed E-state index contributed by atoms with van der Waals surface area (Å²) in [6.45, 7) is 3.89. The maximum atomic E-state index is 12.6. The average molecular weight is 400 g/mol. The third-order valence-electron chi connectivity index (χ3n) is 4.49. The first kappa shape index (κ1) is 20.4. The molecular weight excluding hydrogens is 376 g/mol. The molecule has 0 spiro atoms. The van der Waals surface area contributed by atoms with Gasteiger partial charge in [0, 0.05) is 6.42 Å². The van der Waals surface area contributed by atoms with Crippen molar-refractivity contribution in [1.82, 2.24) is 0 Å². The first-order chi connectivity index (χ1) is 13.6. The molecule has 28 heavy (non-hydrogen) atoms. The second kappa shape index (κ2) is 9.75. The van der Waals surface area contributed by atoms with Gasteiger partial charge in [-0.05, 0) is 36.9 Å². The lowest BCUT2D eigenvalue weighted by Gasteiger charge is -2.39. The molecule has 148 valence electrons. The van der Waals surface area contributed by atoms with E-state index in [1.54, 1.807) is 60.3 Å². The number of benzene rings is 2. The number of thioether (sulfide) groups is 1. The molecule has 0 aromatic heterocycles. The van der Waals surface area contributed by atoms with E-state index >= 15 is 0 Å². The fourth-order valence-corrected chi connectivity index (χ4v) is 4.08. The Hall–Kier alpha value is -2.31. The van der Waals surface area contributed by atoms with Crippen molar-refractivity contribution in [1.29, 1.82) is 0 Å². The molecule has 1 heterocycles. The van der Waals surface area contributed by atoms with Crippen LogP contribution in [0.2, 0.25) is 0 Å². The van der Waals surface area contributed by atoms with E-state index in [1.165, 1.54) is 0 Å². The van der Waals surface area contributed by atoms with E-state index in [0.29, 0.717) is 17.5 Å². The zero-order chi connectivity index (χ0) is 19.9. The average Bonchev–Trinajstić information content (AvgIpc) is 2.72. The summed E-state index contributed by atoms with van der Waals surface area (Å²) in [5.41, 5.74) is 0.808. The van der Waals surface area contributed by atoms with Crippen LogP contribution in [0.5, 0.6) is 0 Å². The lowest BCUT2D eigenvalue weighted by atomic mass is 10.0. The van der Waals surface area contributed by atoms with Crippen molar-refractivity contribution in [2.45, 2.75) is 44.0 Å². The molecule has 4 atom stereocenters. The van der Waals surface area contributed by atoms with Crippen LogP contribution in [-0.2, 0) is 14.2 Å². The van der Waals surface area contributed by atoms with E-state index in [4.69, 9.17) is 14.2 Å². The molecule has 3 rings (SSSR count). The minimum absolute atomic E-state index is 0.111. The van der Waals surface area contributed by atoms with Gasteiger partial charge in [-0.2, -0.15) is 0 Å². The van der Waals surface area contributed by atoms with E-state index in [2.05, 4.69) is 0 Å². The van der Waals surface area contributed by atoms with Gasteiger partial charge in [0.25, 0.3) is 0 Å². The van der Waals surface area contributed by atoms with Gasteiger partial charge < -0.3 is 14.2 Å². The van der Waals surface area contributed by atoms with Crippen LogP contribution in [0.3, 0.4) is 0 Å². The van der Waals surface area contributed by atoms with Crippen LogP contribution < -0.4 is 0 Å². The zero-order valence-electron chi connectivity index (χ0n) is 15.9. The Labute approximate surface area is 169 Å². The number of rotatable bonds is 6. The minimum atomic E-state index is -0.672. The van der Waals surface area contributed by atoms with Gasteiger partial charge in [-0.25, -0.2) is 9.59 Å². The Bertz CT molecular complexity index is 780. The van der Waals surface area contributed by atoms with Gasteiger partial charge in [-0.15, -0.1) is 11.8 Å². The lowest BCUT2D eigenvalue weighted by molar-refractivity contribution is -0.144. The zero-order valence-corrected chi connectivity index (χ0v) is 16.8. The molecule has 5 nitrogen and oxygen atoms in total. The molecule has 0 radical (unpaired) electrons. The highest BCUT2D eigenvalue weighted by Crippen LogP contribution is 2.32. The second-order valence-corrected chi connectivity index (χ2v) is 7.94. The van der Waals surface area contributed by atoms with Crippen LogP contribution >= 0.6 is 11.8 Å². The Kier molecular flexibility index (Phi) is 7.12. The lowest BCUT2D eigenvalue weighted by Crippen LogP contribution is -2.50. The summed E-state index contributed by atoms with van der Waals surface area (Å²) in [6, 6.07) is 17.6. The van der Waals surface area contributed by atoms with Crippen LogP contribution in [0.15, 0.2) is 60.7 Å². The molecule has 0 aliphatic carbocycles. The van der Waals surface area contributed by atoms with E-state index in [-0.39, 0.29) is 11.5 Å². The number of hydrogen-bond donors (Lipinski definition) is 0. The molecule has 0 saturated carbocycles. The summed E-state index contributed by atoms with van der Waals surface area (Å²) in [5.74, 6) is -0.00491. The quantitative estimate of drug-likeness (QED) is 0.673. The van der Waals surface area contributed by atoms with Crippen molar-refractivity contribution in [3.05, 3.63) is 71.8 Å². The SMILES string of the molecule is CCS[C@H]1C[C@@H](OC(=O)c2ccccc2)[C@H](OC(=O)c2ccccc2)C(C)O1. The molecule has 1 aliphatic rings. The summed E-state index contributed by atoms with van der Waals surface area (Å²) in [7, 11) is 0. The second-order valence-electron chi connectivity index (χ2n) is 6.51. The summed E-state index contributed by atoms with van der Waals surface area (Å²) >= 11 is 1.65. The summed E-state index contributed by atoms with van der Waals surface area (Å²) in [6.07, 6.45) is -1.17. The maximum absolute atomic E-state index is 12.6. The third-order valence-corrected chi connectivity index (χ3v) is 5.50. The van der Waals surface area contributed by atoms with Crippen molar-refractivity contribution in [2.24, 2.45) is 0 Å². The normalized spacial score (nSPS) is 24.4. The van der Waals surface area contributed by atoms with Crippen LogP contribution in [0.25, 0.3) is 0 Å². The molecular formula is C22H24O5S. The van der Waals surface area contributed by atoms with Crippen LogP contribution in [0, 0.1) is 0 Å². The van der Waals surface area contributed by atoms with Crippen LogP contribution in [0.4, 0.5) is 0 Å². The number of carbonyl (C=O) groups is 2. The van der Waals surface area contributed by atoms with Gasteiger partial charge >= 0.3 is 11.9 Å². The summed E-state index contributed by atoms with van der Waals surface area (Å²) < 4.78 is 17.5. The van der Waals surface area contributed by atoms with Gasteiger partial charge in [0.15, 0.2) is 6.10 Å². The van der Waals surface area contributed by atoms with E-state index < -0.39 is 24.1 Å². The molecule has 1 saturated heterocycles. The molecule has 1 fully saturated rings. The first-order valence-electron chi connectivity index (χ1n) is 9.37. The van der Waals surface area contributed by atoms with Gasteiger partial charge in [0.1, 0.15) is 11.5 Å². The van der Waals surface area contributed by atoms with Gasteiger partial charge in [-0.3, -0.25) is 0 Å². The highest BCUT2D eigenvalue weighted by atomic mass is 32.2. The Morgan fingerprint density at radius 1 is 0.964 bits per heavy atom. The van der Waals surface area contributed by atoms with Crippen molar-refractivity contribution in [3.8, 4) is 0 Å². The van der Waals surface area contributed by atoms with Crippen LogP contribution in [-0.4, -0.2) is 41.4 Å². The highest BCUT2D eigenvalue weighted by Gasteiger charge is 2.41. The molecule has 6 heteroatoms. The maximum Gasteiger partial charge on any atom is 0.338 e. The molecule has 1 aliphatic heterocycles. The monoisotopic (exact) mass is 400 g/mol. The van der Waals surface area contributed by atoms with Crippen molar-refractivity contribution < 1.29 is 23.8 Å². The number of esters is 2. The molecule has 2 aromatic carbocycles. The summed E-state index contributed by atoms with van der Waals surface area (Å²) in [4.78, 5) is 25.1. The van der Waals surface area contributed by atoms with Crippen LogP contribution in [0.1, 0.15) is 41.0 Å². The van der Waals surface area contributed by atoms with Gasteiger partial charge in [-0.1, -0.05) is 43.3 Å². The Balaban J connectivity index is 1.76. The van der Waals surface area contributed by atoms with Gasteiger partial charge in [0.2, 0.25) is 0 Å². The molecule has 0 N–H and O–H groups in total. The van der Waals surface area contributed by atoms with Crippen molar-refractivity contribution in [2.75, 3.05) is 5.75 Å². The Morgan fingerprint density at radius 2 is 1.50 bits per heavy atom. The molecule has 2 aromatic rings. The topological polar surface area (TPSA) is 61.8 Å². The van der Waals surface area contributed by atoms with Crippen molar-refractivity contribution in [3.63, 3.8) is 0 Å². The minimum Gasteiger partial charge on any atom is -0.455 e. The number of ether oxygens (including phenoxy) is 3. The third kappa shape index (κ3) is 5.14. The summed E-state index contributed by atoms with van der Waals surface area (Å²) in [5, 5.41) is 0. The molecule has 0 bridgehead atoms. The van der Waals surface area contributed by atoms with E-state index in [0.717, 1.165) is 5.75 Å². The first-order valence-corrected chi connectivity index (χ1v) is 10.4. The predicted molar refractivity (Wildman–Crippen MR) is 108 cm³/mol. The standard InChI is InChI=1S/C22H24O5S/c1-3-28-19-14-18(26-21(23)16-10-6-4-7-11-16)20(15(2)25-19)27-22(24)17-12-8-5-9-13-17/h4-13,15,18-20H,3,14H2,1-2H3/t15?,18-,19+,20-/m1/s1. The highest BCUT2D eigenvalue weighted by molar-refractivity contribution is 7.99. The van der Waals surface area contributed by atoms with Crippen molar-refractivity contribution >= 4 is 23.7 Å². The fourth-order valence-electron chi connectivity index (χ4n) is 3.12. The number of carbonyl (C=O) groups excluding carboxylic acids is 2.